The first-order valence-electron chi connectivity index (χ1n) is 6.73. The molecular formula is C14H17ClN4O2S. The van der Waals surface area contributed by atoms with Gasteiger partial charge in [-0.25, -0.2) is 9.67 Å². The third-order valence-electron chi connectivity index (χ3n) is 2.88. The van der Waals surface area contributed by atoms with E-state index in [2.05, 4.69) is 10.1 Å². The van der Waals surface area contributed by atoms with Crippen LogP contribution in [0.1, 0.15) is 17.2 Å². The summed E-state index contributed by atoms with van der Waals surface area (Å²) in [6.45, 7) is 0.301. The van der Waals surface area contributed by atoms with E-state index in [-0.39, 0.29) is 13.0 Å². The Bertz CT molecular complexity index is 648. The zero-order chi connectivity index (χ0) is 15.9. The van der Waals surface area contributed by atoms with Crippen LogP contribution in [-0.2, 0) is 29.3 Å². The number of aromatic nitrogens is 3. The van der Waals surface area contributed by atoms with Crippen molar-refractivity contribution in [3.63, 3.8) is 0 Å². The molecule has 0 bridgehead atoms. The molecule has 0 aliphatic carbocycles. The largest absolute Gasteiger partial charge is 0.394 e. The van der Waals surface area contributed by atoms with Crippen LogP contribution in [0.3, 0.4) is 0 Å². The molecule has 0 saturated carbocycles. The molecule has 1 aromatic carbocycles. The summed E-state index contributed by atoms with van der Waals surface area (Å²) in [5.74, 6) is 1.97. The van der Waals surface area contributed by atoms with Gasteiger partial charge in [0.25, 0.3) is 0 Å². The van der Waals surface area contributed by atoms with Crippen LogP contribution >= 0.6 is 23.4 Å². The summed E-state index contributed by atoms with van der Waals surface area (Å²) < 4.78 is 1.61. The third kappa shape index (κ3) is 4.72. The first kappa shape index (κ1) is 16.8. The number of aliphatic hydroxyl groups excluding tert-OH is 1. The van der Waals surface area contributed by atoms with E-state index in [1.54, 1.807) is 16.4 Å². The van der Waals surface area contributed by atoms with E-state index in [1.165, 1.54) is 0 Å². The van der Waals surface area contributed by atoms with Crippen molar-refractivity contribution in [2.45, 2.75) is 24.5 Å². The number of primary amides is 1. The number of carbonyl (C=O) groups is 1. The highest BCUT2D eigenvalue weighted by atomic mass is 35.5. The summed E-state index contributed by atoms with van der Waals surface area (Å²) in [5.41, 5.74) is 6.21. The van der Waals surface area contributed by atoms with E-state index < -0.39 is 5.91 Å². The molecule has 22 heavy (non-hydrogen) atoms. The average Bonchev–Trinajstić information content (AvgIpc) is 2.82. The first-order valence-corrected chi connectivity index (χ1v) is 8.26. The molecule has 0 fully saturated rings. The van der Waals surface area contributed by atoms with Gasteiger partial charge in [-0.2, -0.15) is 5.10 Å². The molecule has 8 heteroatoms. The van der Waals surface area contributed by atoms with Gasteiger partial charge in [-0.1, -0.05) is 29.8 Å². The van der Waals surface area contributed by atoms with Crippen molar-refractivity contribution in [3.8, 4) is 0 Å². The lowest BCUT2D eigenvalue weighted by atomic mass is 10.2. The minimum absolute atomic E-state index is 0.000604. The summed E-state index contributed by atoms with van der Waals surface area (Å²) >= 11 is 7.76. The SMILES string of the molecule is NC(=O)Cc1nc(CSCc2ccccc2Cl)n(CCO)n1. The van der Waals surface area contributed by atoms with Crippen molar-refractivity contribution < 1.29 is 9.90 Å². The zero-order valence-corrected chi connectivity index (χ0v) is 13.5. The second kappa shape index (κ2) is 8.17. The van der Waals surface area contributed by atoms with Crippen LogP contribution in [0.5, 0.6) is 0 Å². The van der Waals surface area contributed by atoms with Gasteiger partial charge in [0.15, 0.2) is 5.82 Å². The molecule has 0 atom stereocenters. The van der Waals surface area contributed by atoms with Crippen LogP contribution in [0.4, 0.5) is 0 Å². The standard InChI is InChI=1S/C14H17ClN4O2S/c15-11-4-2-1-3-10(11)8-22-9-14-17-13(7-12(16)21)18-19(14)5-6-20/h1-4,20H,5-9H2,(H2,16,21). The highest BCUT2D eigenvalue weighted by molar-refractivity contribution is 7.97. The average molecular weight is 341 g/mol. The number of carbonyl (C=O) groups excluding carboxylic acids is 1. The van der Waals surface area contributed by atoms with E-state index in [4.69, 9.17) is 22.4 Å². The maximum Gasteiger partial charge on any atom is 0.225 e. The van der Waals surface area contributed by atoms with Crippen LogP contribution in [0.25, 0.3) is 0 Å². The Hall–Kier alpha value is -1.57. The number of hydrogen-bond acceptors (Lipinski definition) is 5. The lowest BCUT2D eigenvalue weighted by molar-refractivity contribution is -0.117. The van der Waals surface area contributed by atoms with E-state index in [9.17, 15) is 4.79 Å². The van der Waals surface area contributed by atoms with Gasteiger partial charge in [0.2, 0.25) is 5.91 Å². The Kier molecular flexibility index (Phi) is 6.23. The minimum Gasteiger partial charge on any atom is -0.394 e. The molecule has 0 unspecified atom stereocenters. The van der Waals surface area contributed by atoms with E-state index >= 15 is 0 Å². The number of nitrogens with zero attached hydrogens (tertiary/aromatic N) is 3. The quantitative estimate of drug-likeness (QED) is 0.757. The predicted octanol–water partition coefficient (Wildman–Crippen LogP) is 1.39. The normalized spacial score (nSPS) is 10.8. The maximum atomic E-state index is 10.9. The highest BCUT2D eigenvalue weighted by Crippen LogP contribution is 2.22. The van der Waals surface area contributed by atoms with Crippen molar-refractivity contribution in [1.82, 2.24) is 14.8 Å². The van der Waals surface area contributed by atoms with E-state index in [0.717, 1.165) is 16.3 Å². The summed E-state index contributed by atoms with van der Waals surface area (Å²) in [6, 6.07) is 7.68. The van der Waals surface area contributed by atoms with Crippen LogP contribution in [0.2, 0.25) is 5.02 Å². The van der Waals surface area contributed by atoms with Crippen LogP contribution in [0, 0.1) is 0 Å². The van der Waals surface area contributed by atoms with Crippen molar-refractivity contribution in [2.24, 2.45) is 5.73 Å². The minimum atomic E-state index is -0.476. The molecule has 118 valence electrons. The maximum absolute atomic E-state index is 10.9. The molecule has 2 rings (SSSR count). The Morgan fingerprint density at radius 2 is 2.14 bits per heavy atom. The Morgan fingerprint density at radius 3 is 2.82 bits per heavy atom. The fraction of sp³-hybridized carbons (Fsp3) is 0.357. The number of rotatable bonds is 8. The van der Waals surface area contributed by atoms with Gasteiger partial charge in [-0.3, -0.25) is 4.79 Å². The smallest absolute Gasteiger partial charge is 0.225 e. The monoisotopic (exact) mass is 340 g/mol. The molecule has 0 aliphatic rings. The second-order valence-corrected chi connectivity index (χ2v) is 6.01. The van der Waals surface area contributed by atoms with Crippen LogP contribution < -0.4 is 5.73 Å². The van der Waals surface area contributed by atoms with Crippen molar-refractivity contribution in [1.29, 1.82) is 0 Å². The second-order valence-electron chi connectivity index (χ2n) is 4.62. The molecule has 1 heterocycles. The molecule has 0 saturated heterocycles. The molecule has 2 aromatic rings. The molecule has 0 spiro atoms. The molecule has 1 amide bonds. The number of benzene rings is 1. The topological polar surface area (TPSA) is 94.0 Å². The highest BCUT2D eigenvalue weighted by Gasteiger charge is 2.12. The third-order valence-corrected chi connectivity index (χ3v) is 4.23. The number of thioether (sulfide) groups is 1. The molecule has 1 aromatic heterocycles. The number of halogens is 1. The van der Waals surface area contributed by atoms with Crippen LogP contribution in [0.15, 0.2) is 24.3 Å². The Morgan fingerprint density at radius 1 is 1.36 bits per heavy atom. The van der Waals surface area contributed by atoms with Gasteiger partial charge in [-0.05, 0) is 11.6 Å². The predicted molar refractivity (Wildman–Crippen MR) is 86.5 cm³/mol. The van der Waals surface area contributed by atoms with E-state index in [0.29, 0.717) is 23.9 Å². The van der Waals surface area contributed by atoms with Crippen molar-refractivity contribution in [2.75, 3.05) is 6.61 Å². The number of hydrogen-bond donors (Lipinski definition) is 2. The summed E-state index contributed by atoms with van der Waals surface area (Å²) in [4.78, 5) is 15.3. The Labute approximate surface area is 137 Å². The number of nitrogens with two attached hydrogens (primary N) is 1. The summed E-state index contributed by atoms with van der Waals surface area (Å²) in [5, 5.41) is 14.0. The lowest BCUT2D eigenvalue weighted by Gasteiger charge is -2.05. The zero-order valence-electron chi connectivity index (χ0n) is 11.9. The number of aliphatic hydroxyl groups is 1. The number of amides is 1. The van der Waals surface area contributed by atoms with Crippen molar-refractivity contribution in [3.05, 3.63) is 46.5 Å². The summed E-state index contributed by atoms with van der Waals surface area (Å²) in [7, 11) is 0. The van der Waals surface area contributed by atoms with Crippen molar-refractivity contribution >= 4 is 29.3 Å². The first-order chi connectivity index (χ1) is 10.6. The molecule has 0 aliphatic heterocycles. The molecule has 3 N–H and O–H groups in total. The lowest BCUT2D eigenvalue weighted by Crippen LogP contribution is -2.15. The summed E-state index contributed by atoms with van der Waals surface area (Å²) in [6.07, 6.45) is 0.000604. The molecule has 0 radical (unpaired) electrons. The van der Waals surface area contributed by atoms with Gasteiger partial charge in [0, 0.05) is 10.8 Å². The van der Waals surface area contributed by atoms with Gasteiger partial charge in [0.1, 0.15) is 5.82 Å². The molecule has 6 nitrogen and oxygen atoms in total. The van der Waals surface area contributed by atoms with Crippen LogP contribution in [-0.4, -0.2) is 32.4 Å². The van der Waals surface area contributed by atoms with E-state index in [1.807, 2.05) is 24.3 Å². The Balaban J connectivity index is 2.00. The van der Waals surface area contributed by atoms with Gasteiger partial charge in [0.05, 0.1) is 25.3 Å². The fourth-order valence-electron chi connectivity index (χ4n) is 1.91. The van der Waals surface area contributed by atoms with Gasteiger partial charge in [-0.15, -0.1) is 11.8 Å². The molecular weight excluding hydrogens is 324 g/mol. The fourth-order valence-corrected chi connectivity index (χ4v) is 3.16. The van der Waals surface area contributed by atoms with Gasteiger partial charge < -0.3 is 10.8 Å². The van der Waals surface area contributed by atoms with Gasteiger partial charge >= 0.3 is 0 Å².